The summed E-state index contributed by atoms with van der Waals surface area (Å²) < 4.78 is 54.3. The number of sulfone groups is 2. The van der Waals surface area contributed by atoms with Crippen molar-refractivity contribution in [3.63, 3.8) is 0 Å². The van der Waals surface area contributed by atoms with E-state index in [0.29, 0.717) is 0 Å². The fourth-order valence-corrected chi connectivity index (χ4v) is 7.84. The highest BCUT2D eigenvalue weighted by molar-refractivity contribution is 7.98. The van der Waals surface area contributed by atoms with Crippen molar-refractivity contribution in [2.45, 2.75) is 21.1 Å². The predicted octanol–water partition coefficient (Wildman–Crippen LogP) is 3.87. The molecule has 31 heavy (non-hydrogen) atoms. The summed E-state index contributed by atoms with van der Waals surface area (Å²) in [5, 5.41) is -1.20. The maximum atomic E-state index is 13.6. The highest BCUT2D eigenvalue weighted by atomic mass is 32.2. The van der Waals surface area contributed by atoms with Gasteiger partial charge in [0.1, 0.15) is 5.25 Å². The summed E-state index contributed by atoms with van der Waals surface area (Å²) in [6.07, 6.45) is 1.59. The summed E-state index contributed by atoms with van der Waals surface area (Å²) in [4.78, 5) is 2.01. The van der Waals surface area contributed by atoms with Crippen molar-refractivity contribution in [1.29, 1.82) is 0 Å². The molecule has 0 fully saturated rings. The molecule has 1 heterocycles. The van der Waals surface area contributed by atoms with Gasteiger partial charge in [-0.2, -0.15) is 0 Å². The van der Waals surface area contributed by atoms with Gasteiger partial charge in [-0.05, 0) is 43.0 Å². The van der Waals surface area contributed by atoms with Crippen LogP contribution in [0.3, 0.4) is 0 Å². The third-order valence-electron chi connectivity index (χ3n) is 5.52. The van der Waals surface area contributed by atoms with Gasteiger partial charge in [0.25, 0.3) is 0 Å². The normalized spacial score (nSPS) is 20.2. The lowest BCUT2D eigenvalue weighted by atomic mass is 10.0. The van der Waals surface area contributed by atoms with Crippen molar-refractivity contribution in [3.05, 3.63) is 108 Å². The molecule has 1 aliphatic heterocycles. The molecule has 4 rings (SSSR count). The highest BCUT2D eigenvalue weighted by Gasteiger charge is 2.42. The van der Waals surface area contributed by atoms with E-state index in [9.17, 15) is 16.8 Å². The molecule has 3 aromatic carbocycles. The van der Waals surface area contributed by atoms with E-state index < -0.39 is 24.9 Å². The van der Waals surface area contributed by atoms with Crippen LogP contribution in [-0.2, 0) is 19.7 Å². The monoisotopic (exact) mass is 453 g/mol. The van der Waals surface area contributed by atoms with Gasteiger partial charge in [0.15, 0.2) is 9.84 Å². The Bertz CT molecular complexity index is 1290. The number of hydrogen-bond donors (Lipinski definition) is 0. The minimum Gasteiger partial charge on any atom is -0.294 e. The van der Waals surface area contributed by atoms with E-state index in [2.05, 4.69) is 0 Å². The number of rotatable bonds is 5. The van der Waals surface area contributed by atoms with Crippen LogP contribution in [0.15, 0.2) is 112 Å². The highest BCUT2D eigenvalue weighted by Crippen LogP contribution is 2.37. The number of nitrogens with zero attached hydrogens (tertiary/aromatic N) is 1. The van der Waals surface area contributed by atoms with Gasteiger partial charge in [-0.3, -0.25) is 4.90 Å². The van der Waals surface area contributed by atoms with Gasteiger partial charge >= 0.3 is 0 Å². The van der Waals surface area contributed by atoms with Crippen molar-refractivity contribution in [2.24, 2.45) is 0 Å². The van der Waals surface area contributed by atoms with Crippen molar-refractivity contribution >= 4 is 19.7 Å². The van der Waals surface area contributed by atoms with Crippen LogP contribution in [0, 0.1) is 0 Å². The van der Waals surface area contributed by atoms with Crippen molar-refractivity contribution in [2.75, 3.05) is 13.6 Å². The van der Waals surface area contributed by atoms with Crippen LogP contribution in [0.1, 0.15) is 11.6 Å². The number of hydrogen-bond acceptors (Lipinski definition) is 5. The van der Waals surface area contributed by atoms with Gasteiger partial charge < -0.3 is 0 Å². The topological polar surface area (TPSA) is 71.5 Å². The Kier molecular flexibility index (Phi) is 5.83. The van der Waals surface area contributed by atoms with Crippen LogP contribution in [-0.4, -0.2) is 40.6 Å². The maximum Gasteiger partial charge on any atom is 0.203 e. The number of likely N-dealkylation sites (N-methyl/N-ethyl adjacent to an activating group) is 1. The molecule has 0 unspecified atom stereocenters. The zero-order chi connectivity index (χ0) is 22.1. The van der Waals surface area contributed by atoms with Crippen LogP contribution in [0.25, 0.3) is 0 Å². The molecule has 0 saturated heterocycles. The van der Waals surface area contributed by atoms with Crippen LogP contribution in [0.4, 0.5) is 0 Å². The molecule has 0 N–H and O–H groups in total. The Morgan fingerprint density at radius 1 is 0.710 bits per heavy atom. The first-order valence-corrected chi connectivity index (χ1v) is 12.9. The van der Waals surface area contributed by atoms with Gasteiger partial charge in [-0.25, -0.2) is 16.8 Å². The van der Waals surface area contributed by atoms with Crippen LogP contribution in [0.5, 0.6) is 0 Å². The van der Waals surface area contributed by atoms with Crippen LogP contribution < -0.4 is 0 Å². The first-order chi connectivity index (χ1) is 14.8. The minimum atomic E-state index is -4.01. The lowest BCUT2D eigenvalue weighted by molar-refractivity contribution is 0.277. The third kappa shape index (κ3) is 4.08. The van der Waals surface area contributed by atoms with Crippen LogP contribution >= 0.6 is 0 Å². The summed E-state index contributed by atoms with van der Waals surface area (Å²) in [6, 6.07) is 25.2. The largest absolute Gasteiger partial charge is 0.294 e. The smallest absolute Gasteiger partial charge is 0.203 e. The molecule has 160 valence electrons. The van der Waals surface area contributed by atoms with E-state index in [4.69, 9.17) is 0 Å². The molecule has 0 saturated carbocycles. The first-order valence-electron chi connectivity index (χ1n) is 9.88. The summed E-state index contributed by atoms with van der Waals surface area (Å²) in [5.74, 6) is 0. The molecule has 0 bridgehead atoms. The molecular weight excluding hydrogens is 430 g/mol. The average Bonchev–Trinajstić information content (AvgIpc) is 2.80. The molecule has 0 radical (unpaired) electrons. The summed E-state index contributed by atoms with van der Waals surface area (Å²) in [6.45, 7) is 0.0642. The van der Waals surface area contributed by atoms with E-state index in [-0.39, 0.29) is 27.3 Å². The fourth-order valence-electron chi connectivity index (χ4n) is 3.88. The Morgan fingerprint density at radius 2 is 1.19 bits per heavy atom. The minimum absolute atomic E-state index is 0.0642. The molecule has 2 atom stereocenters. The van der Waals surface area contributed by atoms with Crippen LogP contribution in [0.2, 0.25) is 0 Å². The first kappa shape index (κ1) is 21.5. The molecular formula is C24H23NO4S2. The van der Waals surface area contributed by atoms with Gasteiger partial charge in [-0.1, -0.05) is 66.7 Å². The van der Waals surface area contributed by atoms with Gasteiger partial charge in [0.2, 0.25) is 9.84 Å². The van der Waals surface area contributed by atoms with Crippen molar-refractivity contribution in [1.82, 2.24) is 4.90 Å². The molecule has 0 spiro atoms. The Hall–Kier alpha value is -2.74. The third-order valence-corrected chi connectivity index (χ3v) is 9.68. The second-order valence-corrected chi connectivity index (χ2v) is 11.6. The molecule has 0 aliphatic carbocycles. The Labute approximate surface area is 183 Å². The predicted molar refractivity (Wildman–Crippen MR) is 121 cm³/mol. The molecule has 5 nitrogen and oxygen atoms in total. The Balaban J connectivity index is 1.91. The maximum absolute atomic E-state index is 13.6. The van der Waals surface area contributed by atoms with E-state index >= 15 is 0 Å². The van der Waals surface area contributed by atoms with E-state index in [0.717, 1.165) is 5.56 Å². The number of benzene rings is 3. The second kappa shape index (κ2) is 8.42. The molecule has 7 heteroatoms. The molecule has 0 amide bonds. The SMILES string of the molecule is CN1C[C@@H](S(=O)(=O)c2ccccc2)C(S(=O)(=O)c2ccccc2)=C[C@@H]1c1ccccc1. The van der Waals surface area contributed by atoms with Crippen molar-refractivity contribution < 1.29 is 16.8 Å². The quantitative estimate of drug-likeness (QED) is 0.586. The summed E-state index contributed by atoms with van der Waals surface area (Å²) in [7, 11) is -6.13. The second-order valence-electron chi connectivity index (χ2n) is 7.53. The molecule has 3 aromatic rings. The average molecular weight is 454 g/mol. The van der Waals surface area contributed by atoms with Crippen molar-refractivity contribution in [3.8, 4) is 0 Å². The van der Waals surface area contributed by atoms with Gasteiger partial charge in [-0.15, -0.1) is 0 Å². The zero-order valence-electron chi connectivity index (χ0n) is 17.0. The molecule has 1 aliphatic rings. The van der Waals surface area contributed by atoms with E-state index in [1.165, 1.54) is 24.3 Å². The standard InChI is InChI=1S/C24H23NO4S2/c1-25-18-24(31(28,29)21-15-9-4-10-16-21)23(17-22(25)19-11-5-2-6-12-19)30(26,27)20-13-7-3-8-14-20/h2-17,22,24H,18H2,1H3/t22-,24-/m1/s1. The lowest BCUT2D eigenvalue weighted by Crippen LogP contribution is -2.43. The summed E-state index contributed by atoms with van der Waals surface area (Å²) in [5.41, 5.74) is 0.904. The molecule has 0 aromatic heterocycles. The fraction of sp³-hybridized carbons (Fsp3) is 0.167. The lowest BCUT2D eigenvalue weighted by Gasteiger charge is -2.36. The van der Waals surface area contributed by atoms with Gasteiger partial charge in [0.05, 0.1) is 20.7 Å². The Morgan fingerprint density at radius 3 is 1.74 bits per heavy atom. The van der Waals surface area contributed by atoms with Gasteiger partial charge in [0, 0.05) is 6.54 Å². The van der Waals surface area contributed by atoms with E-state index in [1.54, 1.807) is 42.5 Å². The van der Waals surface area contributed by atoms with E-state index in [1.807, 2.05) is 42.3 Å². The zero-order valence-corrected chi connectivity index (χ0v) is 18.6. The summed E-state index contributed by atoms with van der Waals surface area (Å²) >= 11 is 0.